The van der Waals surface area contributed by atoms with E-state index in [2.05, 4.69) is 30.6 Å². The lowest BCUT2D eigenvalue weighted by molar-refractivity contribution is -0.116. The first-order chi connectivity index (χ1) is 12.2. The summed E-state index contributed by atoms with van der Waals surface area (Å²) in [6.45, 7) is 8.01. The lowest BCUT2D eigenvalue weighted by Crippen LogP contribution is -2.55. The van der Waals surface area contributed by atoms with Gasteiger partial charge in [-0.3, -0.25) is 14.9 Å². The second-order valence-corrected chi connectivity index (χ2v) is 7.06. The van der Waals surface area contributed by atoms with Crippen molar-refractivity contribution in [1.82, 2.24) is 10.6 Å². The van der Waals surface area contributed by atoms with Crippen LogP contribution in [-0.2, 0) is 9.59 Å². The number of carbonyl (C=O) groups excluding carboxylic acids is 2. The van der Waals surface area contributed by atoms with Gasteiger partial charge in [-0.25, -0.2) is 0 Å². The molecule has 0 spiro atoms. The van der Waals surface area contributed by atoms with Crippen molar-refractivity contribution in [3.63, 3.8) is 0 Å². The number of hydrogen-bond acceptors (Lipinski definition) is 4. The fourth-order valence-corrected chi connectivity index (χ4v) is 2.49. The number of rotatable bonds is 10. The van der Waals surface area contributed by atoms with Gasteiger partial charge in [0.25, 0.3) is 0 Å². The minimum atomic E-state index is -1.17. The molecule has 0 aliphatic rings. The molecule has 0 aliphatic carbocycles. The Bertz CT molecular complexity index is 644. The van der Waals surface area contributed by atoms with Gasteiger partial charge >= 0.3 is 0 Å². The minimum Gasteiger partial charge on any atom is -0.351 e. The third-order valence-electron chi connectivity index (χ3n) is 3.88. The maximum atomic E-state index is 12.2. The fourth-order valence-electron chi connectivity index (χ4n) is 2.49. The molecule has 0 fully saturated rings. The maximum absolute atomic E-state index is 12.2. The summed E-state index contributed by atoms with van der Waals surface area (Å²) in [5.41, 5.74) is 8.01. The highest BCUT2D eigenvalue weighted by molar-refractivity contribution is 5.88. The van der Waals surface area contributed by atoms with Gasteiger partial charge in [0, 0.05) is 12.6 Å². The van der Waals surface area contributed by atoms with Crippen molar-refractivity contribution < 1.29 is 9.59 Å². The number of nitrogens with two attached hydrogens (primary N) is 1. The predicted molar refractivity (Wildman–Crippen MR) is 106 cm³/mol. The van der Waals surface area contributed by atoms with Gasteiger partial charge in [-0.2, -0.15) is 0 Å². The van der Waals surface area contributed by atoms with Gasteiger partial charge in [0.05, 0.1) is 6.04 Å². The van der Waals surface area contributed by atoms with Crippen molar-refractivity contribution in [2.45, 2.75) is 52.2 Å². The van der Waals surface area contributed by atoms with Crippen LogP contribution >= 0.6 is 0 Å². The third kappa shape index (κ3) is 8.74. The molecule has 1 aromatic rings. The number of hydrogen-bond donors (Lipinski definition) is 3. The quantitative estimate of drug-likeness (QED) is 0.260. The first-order valence-electron chi connectivity index (χ1n) is 8.89. The summed E-state index contributed by atoms with van der Waals surface area (Å²) in [7, 11) is 0. The Labute approximate surface area is 156 Å². The Hall–Kier alpha value is -2.24. The van der Waals surface area contributed by atoms with Crippen LogP contribution in [0.1, 0.15) is 52.1 Å². The number of allylic oxidation sites excluding steroid dienone is 3. The lowest BCUT2D eigenvalue weighted by atomic mass is 10.0. The average Bonchev–Trinajstić information content (AvgIpc) is 2.59. The van der Waals surface area contributed by atoms with Crippen LogP contribution in [0.4, 0.5) is 0 Å². The van der Waals surface area contributed by atoms with E-state index in [4.69, 9.17) is 5.73 Å². The number of amides is 1. The van der Waals surface area contributed by atoms with Gasteiger partial charge in [-0.1, -0.05) is 47.6 Å². The minimum absolute atomic E-state index is 0.146. The van der Waals surface area contributed by atoms with Gasteiger partial charge in [0.15, 0.2) is 6.29 Å². The smallest absolute Gasteiger partial charge is 0.243 e. The molecule has 5 nitrogen and oxygen atoms in total. The zero-order chi connectivity index (χ0) is 19.6. The van der Waals surface area contributed by atoms with Crippen molar-refractivity contribution in [3.8, 4) is 0 Å². The summed E-state index contributed by atoms with van der Waals surface area (Å²) in [5.74, 6) is -0.146. The van der Waals surface area contributed by atoms with E-state index in [0.717, 1.165) is 24.0 Å². The molecule has 0 aliphatic heterocycles. The molecule has 1 rings (SSSR count). The molecular formula is C21H31N3O2. The molecule has 0 saturated carbocycles. The number of carbonyl (C=O) groups is 2. The number of aldehydes is 1. The highest BCUT2D eigenvalue weighted by atomic mass is 16.1. The molecule has 26 heavy (non-hydrogen) atoms. The van der Waals surface area contributed by atoms with Crippen molar-refractivity contribution in [3.05, 3.63) is 59.2 Å². The van der Waals surface area contributed by atoms with Crippen molar-refractivity contribution in [2.24, 2.45) is 5.73 Å². The van der Waals surface area contributed by atoms with E-state index in [1.165, 1.54) is 5.57 Å². The zero-order valence-electron chi connectivity index (χ0n) is 16.2. The molecular weight excluding hydrogens is 326 g/mol. The number of benzene rings is 1. The number of nitrogens with one attached hydrogen (secondary N) is 2. The van der Waals surface area contributed by atoms with E-state index < -0.39 is 5.66 Å². The van der Waals surface area contributed by atoms with Crippen LogP contribution in [0.25, 0.3) is 0 Å². The first kappa shape index (κ1) is 21.8. The third-order valence-corrected chi connectivity index (χ3v) is 3.88. The monoisotopic (exact) mass is 357 g/mol. The second-order valence-electron chi connectivity index (χ2n) is 7.06. The molecule has 142 valence electrons. The van der Waals surface area contributed by atoms with Crippen LogP contribution < -0.4 is 16.4 Å². The SMILES string of the molecule is CC(C)=CCCC(C)=CC(=O)NCC(N[C@](C)(N)C=O)c1ccccc1. The summed E-state index contributed by atoms with van der Waals surface area (Å²) >= 11 is 0. The zero-order valence-corrected chi connectivity index (χ0v) is 16.2. The van der Waals surface area contributed by atoms with Crippen molar-refractivity contribution >= 4 is 12.2 Å². The Kier molecular flexibility index (Phi) is 8.96. The van der Waals surface area contributed by atoms with Crippen LogP contribution in [0, 0.1) is 0 Å². The van der Waals surface area contributed by atoms with Crippen molar-refractivity contribution in [1.29, 1.82) is 0 Å². The largest absolute Gasteiger partial charge is 0.351 e. The molecule has 2 atom stereocenters. The van der Waals surface area contributed by atoms with Crippen LogP contribution in [-0.4, -0.2) is 24.4 Å². The second kappa shape index (κ2) is 10.7. The van der Waals surface area contributed by atoms with E-state index in [-0.39, 0.29) is 11.9 Å². The van der Waals surface area contributed by atoms with Crippen LogP contribution in [0.3, 0.4) is 0 Å². The van der Waals surface area contributed by atoms with Gasteiger partial charge in [-0.15, -0.1) is 0 Å². The van der Waals surface area contributed by atoms with Crippen molar-refractivity contribution in [2.75, 3.05) is 6.54 Å². The van der Waals surface area contributed by atoms with Gasteiger partial charge in [-0.05, 0) is 46.1 Å². The average molecular weight is 357 g/mol. The van der Waals surface area contributed by atoms with E-state index in [1.807, 2.05) is 37.3 Å². The molecule has 0 saturated heterocycles. The summed E-state index contributed by atoms with van der Waals surface area (Å²) in [5, 5.41) is 5.97. The Morgan fingerprint density at radius 1 is 1.23 bits per heavy atom. The summed E-state index contributed by atoms with van der Waals surface area (Å²) in [4.78, 5) is 23.3. The molecule has 1 amide bonds. The normalized spacial score (nSPS) is 14.9. The predicted octanol–water partition coefficient (Wildman–Crippen LogP) is 3.00. The molecule has 0 aromatic heterocycles. The lowest BCUT2D eigenvalue weighted by Gasteiger charge is -2.27. The highest BCUT2D eigenvalue weighted by Crippen LogP contribution is 2.14. The van der Waals surface area contributed by atoms with Gasteiger partial charge < -0.3 is 11.1 Å². The van der Waals surface area contributed by atoms with Gasteiger partial charge in [0.1, 0.15) is 5.66 Å². The Morgan fingerprint density at radius 3 is 2.46 bits per heavy atom. The first-order valence-corrected chi connectivity index (χ1v) is 8.89. The molecule has 5 heteroatoms. The van der Waals surface area contributed by atoms with E-state index in [9.17, 15) is 9.59 Å². The maximum Gasteiger partial charge on any atom is 0.243 e. The van der Waals surface area contributed by atoms with Crippen LogP contribution in [0.5, 0.6) is 0 Å². The molecule has 0 bridgehead atoms. The van der Waals surface area contributed by atoms with E-state index in [0.29, 0.717) is 12.8 Å². The van der Waals surface area contributed by atoms with E-state index in [1.54, 1.807) is 13.0 Å². The van der Waals surface area contributed by atoms with Crippen LogP contribution in [0.15, 0.2) is 53.6 Å². The molecule has 4 N–H and O–H groups in total. The molecule has 1 aromatic carbocycles. The highest BCUT2D eigenvalue weighted by Gasteiger charge is 2.23. The van der Waals surface area contributed by atoms with E-state index >= 15 is 0 Å². The Balaban J connectivity index is 2.69. The molecule has 0 heterocycles. The summed E-state index contributed by atoms with van der Waals surface area (Å²) in [6, 6.07) is 9.34. The fraction of sp³-hybridized carbons (Fsp3) is 0.429. The van der Waals surface area contributed by atoms with Gasteiger partial charge in [0.2, 0.25) is 5.91 Å². The summed E-state index contributed by atoms with van der Waals surface area (Å²) < 4.78 is 0. The summed E-state index contributed by atoms with van der Waals surface area (Å²) in [6.07, 6.45) is 6.23. The standard InChI is InChI=1S/C21H31N3O2/c1-16(2)9-8-10-17(3)13-20(26)23-14-19(24-21(4,22)15-25)18-11-6-5-7-12-18/h5-7,9,11-13,15,19,24H,8,10,14,22H2,1-4H3,(H,23,26)/t19?,21-/m0/s1. The topological polar surface area (TPSA) is 84.2 Å². The Morgan fingerprint density at radius 2 is 1.88 bits per heavy atom. The van der Waals surface area contributed by atoms with Crippen LogP contribution in [0.2, 0.25) is 0 Å². The molecule has 0 radical (unpaired) electrons. The molecule has 1 unspecified atom stereocenters.